The lowest BCUT2D eigenvalue weighted by atomic mass is 10.1. The lowest BCUT2D eigenvalue weighted by Crippen LogP contribution is -2.35. The van der Waals surface area contributed by atoms with E-state index in [1.165, 1.54) is 6.92 Å². The number of carbonyl (C=O) groups excluding carboxylic acids is 3. The van der Waals surface area contributed by atoms with E-state index in [0.717, 1.165) is 5.56 Å². The van der Waals surface area contributed by atoms with Crippen molar-refractivity contribution in [3.05, 3.63) is 60.6 Å². The van der Waals surface area contributed by atoms with Gasteiger partial charge in [-0.25, -0.2) is 9.97 Å². The van der Waals surface area contributed by atoms with E-state index in [1.807, 2.05) is 36.4 Å². The van der Waals surface area contributed by atoms with Crippen LogP contribution in [0.4, 0.5) is 11.6 Å². The predicted molar refractivity (Wildman–Crippen MR) is 138 cm³/mol. The lowest BCUT2D eigenvalue weighted by Gasteiger charge is -2.15. The molecule has 0 saturated carbocycles. The molecule has 0 radical (unpaired) electrons. The van der Waals surface area contributed by atoms with Gasteiger partial charge in [0.2, 0.25) is 17.7 Å². The van der Waals surface area contributed by atoms with Gasteiger partial charge in [0.15, 0.2) is 5.82 Å². The molecule has 4 N–H and O–H groups in total. The van der Waals surface area contributed by atoms with Crippen molar-refractivity contribution in [2.24, 2.45) is 5.92 Å². The van der Waals surface area contributed by atoms with Crippen molar-refractivity contribution in [2.45, 2.75) is 19.9 Å². The molecule has 3 heterocycles. The molecule has 1 saturated heterocycles. The normalized spacial score (nSPS) is 14.9. The topological polar surface area (TPSA) is 141 Å². The summed E-state index contributed by atoms with van der Waals surface area (Å²) in [7, 11) is 0. The number of hydrogen-bond acceptors (Lipinski definition) is 8. The first kappa shape index (κ1) is 25.7. The summed E-state index contributed by atoms with van der Waals surface area (Å²) >= 11 is 0. The van der Waals surface area contributed by atoms with Crippen molar-refractivity contribution >= 4 is 29.4 Å². The van der Waals surface area contributed by atoms with Crippen LogP contribution in [0.3, 0.4) is 0 Å². The maximum atomic E-state index is 12.6. The summed E-state index contributed by atoms with van der Waals surface area (Å²) in [4.78, 5) is 46.9. The number of furan rings is 1. The van der Waals surface area contributed by atoms with Gasteiger partial charge in [-0.1, -0.05) is 30.3 Å². The Kier molecular flexibility index (Phi) is 8.69. The standard InChI is InChI=1S/C26H31N7O4/c1-18(34)27-9-10-28-22-15-23(32-25(31-22)19-6-3-2-4-7-19)29-11-12-30-26(36)20-14-24(35)33(16-20)17-21-8-5-13-37-21/h2-8,13,15,20H,9-12,14,16-17H2,1H3,(H,27,34)(H,30,36)(H2,28,29,31,32). The molecule has 0 spiro atoms. The molecule has 11 heteroatoms. The van der Waals surface area contributed by atoms with Crippen molar-refractivity contribution in [1.82, 2.24) is 25.5 Å². The average molecular weight is 506 g/mol. The van der Waals surface area contributed by atoms with Gasteiger partial charge in [-0.2, -0.15) is 0 Å². The van der Waals surface area contributed by atoms with Crippen molar-refractivity contribution in [1.29, 1.82) is 0 Å². The van der Waals surface area contributed by atoms with Crippen LogP contribution in [-0.2, 0) is 20.9 Å². The molecule has 1 aromatic carbocycles. The molecule has 0 aliphatic carbocycles. The Morgan fingerprint density at radius 1 is 0.973 bits per heavy atom. The highest BCUT2D eigenvalue weighted by atomic mass is 16.3. The minimum atomic E-state index is -0.384. The molecule has 194 valence electrons. The van der Waals surface area contributed by atoms with Crippen LogP contribution in [-0.4, -0.2) is 65.3 Å². The van der Waals surface area contributed by atoms with Crippen LogP contribution in [0.25, 0.3) is 11.4 Å². The van der Waals surface area contributed by atoms with Gasteiger partial charge in [-0.3, -0.25) is 14.4 Å². The number of likely N-dealkylation sites (tertiary alicyclic amines) is 1. The molecular weight excluding hydrogens is 474 g/mol. The molecular formula is C26H31N7O4. The van der Waals surface area contributed by atoms with E-state index >= 15 is 0 Å². The predicted octanol–water partition coefficient (Wildman–Crippen LogP) is 1.86. The maximum Gasteiger partial charge on any atom is 0.225 e. The smallest absolute Gasteiger partial charge is 0.225 e. The monoisotopic (exact) mass is 505 g/mol. The van der Waals surface area contributed by atoms with Gasteiger partial charge < -0.3 is 30.6 Å². The molecule has 4 rings (SSSR count). The molecule has 1 unspecified atom stereocenters. The van der Waals surface area contributed by atoms with Crippen molar-refractivity contribution in [3.63, 3.8) is 0 Å². The zero-order valence-electron chi connectivity index (χ0n) is 20.7. The highest BCUT2D eigenvalue weighted by Gasteiger charge is 2.34. The van der Waals surface area contributed by atoms with Gasteiger partial charge in [0.25, 0.3) is 0 Å². The summed E-state index contributed by atoms with van der Waals surface area (Å²) in [5, 5.41) is 12.1. The minimum Gasteiger partial charge on any atom is -0.467 e. The van der Waals surface area contributed by atoms with Crippen molar-refractivity contribution in [3.8, 4) is 11.4 Å². The number of hydrogen-bond donors (Lipinski definition) is 4. The number of rotatable bonds is 12. The van der Waals surface area contributed by atoms with Crippen molar-refractivity contribution in [2.75, 3.05) is 43.4 Å². The zero-order valence-corrected chi connectivity index (χ0v) is 20.7. The second-order valence-corrected chi connectivity index (χ2v) is 8.71. The van der Waals surface area contributed by atoms with Crippen molar-refractivity contribution < 1.29 is 18.8 Å². The van der Waals surface area contributed by atoms with Crippen LogP contribution >= 0.6 is 0 Å². The Labute approximate surface area is 215 Å². The highest BCUT2D eigenvalue weighted by Crippen LogP contribution is 2.21. The molecule has 3 amide bonds. The molecule has 1 fully saturated rings. The third-order valence-electron chi connectivity index (χ3n) is 5.81. The number of benzene rings is 1. The zero-order chi connectivity index (χ0) is 26.0. The van der Waals surface area contributed by atoms with Crippen LogP contribution in [0.2, 0.25) is 0 Å². The minimum absolute atomic E-state index is 0.0531. The SMILES string of the molecule is CC(=O)NCCNc1cc(NCCNC(=O)C2CC(=O)N(Cc3ccco3)C2)nc(-c2ccccc2)n1. The van der Waals surface area contributed by atoms with Crippen LogP contribution in [0.1, 0.15) is 19.1 Å². The third kappa shape index (κ3) is 7.53. The molecule has 2 aromatic heterocycles. The number of aromatic nitrogens is 2. The Balaban J connectivity index is 1.29. The van der Waals surface area contributed by atoms with Crippen LogP contribution in [0.5, 0.6) is 0 Å². The number of nitrogens with one attached hydrogen (secondary N) is 4. The number of nitrogens with zero attached hydrogens (tertiary/aromatic N) is 3. The Morgan fingerprint density at radius 2 is 1.68 bits per heavy atom. The first-order chi connectivity index (χ1) is 18.0. The second kappa shape index (κ2) is 12.5. The largest absolute Gasteiger partial charge is 0.467 e. The van der Waals surface area contributed by atoms with Crippen LogP contribution in [0, 0.1) is 5.92 Å². The van der Waals surface area contributed by atoms with Gasteiger partial charge in [0.1, 0.15) is 17.4 Å². The molecule has 1 atom stereocenters. The first-order valence-electron chi connectivity index (χ1n) is 12.2. The quantitative estimate of drug-likeness (QED) is 0.273. The number of anilines is 2. The van der Waals surface area contributed by atoms with Gasteiger partial charge >= 0.3 is 0 Å². The van der Waals surface area contributed by atoms with Crippen LogP contribution in [0.15, 0.2) is 59.2 Å². The van der Waals surface area contributed by atoms with Crippen LogP contribution < -0.4 is 21.3 Å². The summed E-state index contributed by atoms with van der Waals surface area (Å²) in [6.45, 7) is 4.01. The molecule has 0 bridgehead atoms. The highest BCUT2D eigenvalue weighted by molar-refractivity contribution is 5.89. The van der Waals surface area contributed by atoms with E-state index in [1.54, 1.807) is 23.3 Å². The fourth-order valence-corrected chi connectivity index (χ4v) is 3.99. The Morgan fingerprint density at radius 3 is 2.32 bits per heavy atom. The van der Waals surface area contributed by atoms with E-state index < -0.39 is 0 Å². The third-order valence-corrected chi connectivity index (χ3v) is 5.81. The van der Waals surface area contributed by atoms with E-state index in [0.29, 0.717) is 62.5 Å². The fourth-order valence-electron chi connectivity index (χ4n) is 3.99. The molecule has 11 nitrogen and oxygen atoms in total. The van der Waals surface area contributed by atoms with E-state index in [9.17, 15) is 14.4 Å². The summed E-state index contributed by atoms with van der Waals surface area (Å²) in [6.07, 6.45) is 1.76. The van der Waals surface area contributed by atoms with E-state index in [4.69, 9.17) is 4.42 Å². The van der Waals surface area contributed by atoms with E-state index in [2.05, 4.69) is 31.2 Å². The average Bonchev–Trinajstić information content (AvgIpc) is 3.55. The fraction of sp³-hybridized carbons (Fsp3) is 0.346. The number of amides is 3. The molecule has 37 heavy (non-hydrogen) atoms. The first-order valence-corrected chi connectivity index (χ1v) is 12.2. The Bertz CT molecular complexity index is 1200. The summed E-state index contributed by atoms with van der Waals surface area (Å²) in [6, 6.07) is 15.0. The second-order valence-electron chi connectivity index (χ2n) is 8.71. The summed E-state index contributed by atoms with van der Waals surface area (Å²) in [5.74, 6) is 1.79. The van der Waals surface area contributed by atoms with Gasteiger partial charge in [-0.15, -0.1) is 0 Å². The number of carbonyl (C=O) groups is 3. The summed E-state index contributed by atoms with van der Waals surface area (Å²) < 4.78 is 5.31. The van der Waals surface area contributed by atoms with Gasteiger partial charge in [0.05, 0.1) is 18.7 Å². The summed E-state index contributed by atoms with van der Waals surface area (Å²) in [5.41, 5.74) is 0.870. The maximum absolute atomic E-state index is 12.6. The van der Waals surface area contributed by atoms with Gasteiger partial charge in [-0.05, 0) is 12.1 Å². The molecule has 1 aliphatic heterocycles. The Hall–Kier alpha value is -4.41. The van der Waals surface area contributed by atoms with E-state index in [-0.39, 0.29) is 30.1 Å². The van der Waals surface area contributed by atoms with Gasteiger partial charge in [0, 0.05) is 57.7 Å². The lowest BCUT2D eigenvalue weighted by molar-refractivity contribution is -0.129. The molecule has 3 aromatic rings. The molecule has 1 aliphatic rings.